The zero-order chi connectivity index (χ0) is 16.2. The van der Waals surface area contributed by atoms with Crippen molar-refractivity contribution in [2.24, 2.45) is 0 Å². The monoisotopic (exact) mass is 326 g/mol. The molecule has 2 aromatic carbocycles. The summed E-state index contributed by atoms with van der Waals surface area (Å²) in [7, 11) is 0. The van der Waals surface area contributed by atoms with Gasteiger partial charge in [0.2, 0.25) is 0 Å². The fourth-order valence-electron chi connectivity index (χ4n) is 2.29. The van der Waals surface area contributed by atoms with Gasteiger partial charge in [0, 0.05) is 0 Å². The number of ether oxygens (including phenoxy) is 1. The Morgan fingerprint density at radius 2 is 1.70 bits per heavy atom. The van der Waals surface area contributed by atoms with Gasteiger partial charge in [-0.15, -0.1) is 0 Å². The molecule has 116 valence electrons. The molecule has 1 aromatic heterocycles. The molecule has 0 atom stereocenters. The third-order valence-electron chi connectivity index (χ3n) is 3.40. The van der Waals surface area contributed by atoms with Crippen LogP contribution in [0.4, 0.5) is 0 Å². The highest BCUT2D eigenvalue weighted by Crippen LogP contribution is 2.23. The molecule has 0 amide bonds. The molecule has 0 fully saturated rings. The molecule has 1 heterocycles. The lowest BCUT2D eigenvalue weighted by Crippen LogP contribution is -2.10. The van der Waals surface area contributed by atoms with E-state index in [1.54, 1.807) is 35.9 Å². The molecule has 3 rings (SSSR count). The maximum atomic E-state index is 12.4. The minimum absolute atomic E-state index is 0.285. The number of nitrogens with zero attached hydrogens (tertiary/aromatic N) is 2. The van der Waals surface area contributed by atoms with E-state index in [9.17, 15) is 4.79 Å². The van der Waals surface area contributed by atoms with Crippen molar-refractivity contribution in [3.8, 4) is 5.75 Å². The van der Waals surface area contributed by atoms with E-state index in [1.807, 2.05) is 36.4 Å². The summed E-state index contributed by atoms with van der Waals surface area (Å²) in [6.45, 7) is 2.24. The van der Waals surface area contributed by atoms with Gasteiger partial charge in [0.25, 0.3) is 0 Å². The molecule has 0 unspecified atom stereocenters. The molecule has 0 N–H and O–H groups in total. The van der Waals surface area contributed by atoms with E-state index in [2.05, 4.69) is 5.10 Å². The summed E-state index contributed by atoms with van der Waals surface area (Å²) in [5, 5.41) is 4.64. The zero-order valence-corrected chi connectivity index (χ0v) is 13.3. The lowest BCUT2D eigenvalue weighted by Gasteiger charge is -2.05. The van der Waals surface area contributed by atoms with Crippen LogP contribution in [-0.2, 0) is 6.54 Å². The Balaban J connectivity index is 1.84. The van der Waals surface area contributed by atoms with Crippen LogP contribution in [0.1, 0.15) is 21.6 Å². The predicted molar refractivity (Wildman–Crippen MR) is 88.9 cm³/mol. The first-order chi connectivity index (χ1) is 11.1. The number of benzene rings is 2. The maximum Gasteiger partial charge on any atom is 0.348 e. The van der Waals surface area contributed by atoms with Crippen molar-refractivity contribution in [2.45, 2.75) is 13.5 Å². The van der Waals surface area contributed by atoms with E-state index < -0.39 is 5.97 Å². The molecule has 3 aromatic rings. The van der Waals surface area contributed by atoms with Crippen LogP contribution in [0.2, 0.25) is 5.15 Å². The number of carbonyl (C=O) groups excluding carboxylic acids is 1. The lowest BCUT2D eigenvalue weighted by molar-refractivity contribution is 0.0734. The van der Waals surface area contributed by atoms with E-state index in [4.69, 9.17) is 16.3 Å². The predicted octanol–water partition coefficient (Wildman–Crippen LogP) is 4.11. The van der Waals surface area contributed by atoms with Gasteiger partial charge in [-0.3, -0.25) is 0 Å². The molecule has 5 heteroatoms. The van der Waals surface area contributed by atoms with Crippen LogP contribution in [0.15, 0.2) is 60.7 Å². The summed E-state index contributed by atoms with van der Waals surface area (Å²) in [5.74, 6) is -0.0261. The van der Waals surface area contributed by atoms with Crippen LogP contribution in [0.3, 0.4) is 0 Å². The van der Waals surface area contributed by atoms with Crippen molar-refractivity contribution >= 4 is 17.6 Å². The molecule has 0 bridgehead atoms. The fraction of sp³-hybridized carbons (Fsp3) is 0.111. The van der Waals surface area contributed by atoms with Gasteiger partial charge in [-0.2, -0.15) is 5.10 Å². The van der Waals surface area contributed by atoms with Crippen molar-refractivity contribution in [3.63, 3.8) is 0 Å². The number of carbonyl (C=O) groups is 1. The summed E-state index contributed by atoms with van der Waals surface area (Å²) in [6.07, 6.45) is 0. The van der Waals surface area contributed by atoms with Gasteiger partial charge in [-0.05, 0) is 24.6 Å². The third-order valence-corrected chi connectivity index (χ3v) is 3.78. The molecule has 0 aliphatic heterocycles. The van der Waals surface area contributed by atoms with Gasteiger partial charge in [-0.1, -0.05) is 60.1 Å². The number of rotatable bonds is 4. The molecule has 0 radical (unpaired) electrons. The van der Waals surface area contributed by atoms with Gasteiger partial charge in [0.15, 0.2) is 0 Å². The SMILES string of the molecule is Cc1nn(Cc2ccccc2)c(Cl)c1C(=O)Oc1ccccc1. The third kappa shape index (κ3) is 3.43. The maximum absolute atomic E-state index is 12.4. The second kappa shape index (κ2) is 6.67. The zero-order valence-electron chi connectivity index (χ0n) is 12.6. The van der Waals surface area contributed by atoms with E-state index >= 15 is 0 Å². The fourth-order valence-corrected chi connectivity index (χ4v) is 2.60. The van der Waals surface area contributed by atoms with Crippen molar-refractivity contribution in [1.29, 1.82) is 0 Å². The van der Waals surface area contributed by atoms with Crippen LogP contribution in [0.25, 0.3) is 0 Å². The molecule has 0 saturated carbocycles. The summed E-state index contributed by atoms with van der Waals surface area (Å²) >= 11 is 6.34. The first-order valence-corrected chi connectivity index (χ1v) is 7.57. The highest BCUT2D eigenvalue weighted by atomic mass is 35.5. The van der Waals surface area contributed by atoms with Crippen molar-refractivity contribution in [1.82, 2.24) is 9.78 Å². The number of hydrogen-bond acceptors (Lipinski definition) is 3. The highest BCUT2D eigenvalue weighted by Gasteiger charge is 2.22. The Hall–Kier alpha value is -2.59. The van der Waals surface area contributed by atoms with Crippen molar-refractivity contribution in [3.05, 3.63) is 82.6 Å². The van der Waals surface area contributed by atoms with Crippen LogP contribution in [0.5, 0.6) is 5.75 Å². The highest BCUT2D eigenvalue weighted by molar-refractivity contribution is 6.32. The standard InChI is InChI=1S/C18H15ClN2O2/c1-13-16(18(22)23-15-10-6-3-7-11-15)17(19)21(20-13)12-14-8-4-2-5-9-14/h2-11H,12H2,1H3. The summed E-state index contributed by atoms with van der Waals surface area (Å²) in [5.41, 5.74) is 1.90. The van der Waals surface area contributed by atoms with Crippen molar-refractivity contribution in [2.75, 3.05) is 0 Å². The molecular weight excluding hydrogens is 312 g/mol. The lowest BCUT2D eigenvalue weighted by atomic mass is 10.2. The average molecular weight is 327 g/mol. The molecule has 0 saturated heterocycles. The Morgan fingerprint density at radius 1 is 1.09 bits per heavy atom. The van der Waals surface area contributed by atoms with Crippen LogP contribution < -0.4 is 4.74 Å². The summed E-state index contributed by atoms with van der Waals surface area (Å²) in [4.78, 5) is 12.4. The largest absolute Gasteiger partial charge is 0.423 e. The van der Waals surface area contributed by atoms with E-state index in [-0.39, 0.29) is 5.15 Å². The molecular formula is C18H15ClN2O2. The van der Waals surface area contributed by atoms with Gasteiger partial charge in [-0.25, -0.2) is 9.48 Å². The van der Waals surface area contributed by atoms with Crippen LogP contribution in [-0.4, -0.2) is 15.7 Å². The Bertz CT molecular complexity index is 814. The quantitative estimate of drug-likeness (QED) is 0.535. The molecule has 4 nitrogen and oxygen atoms in total. The topological polar surface area (TPSA) is 44.1 Å². The second-order valence-electron chi connectivity index (χ2n) is 5.10. The number of para-hydroxylation sites is 1. The number of esters is 1. The minimum atomic E-state index is -0.502. The second-order valence-corrected chi connectivity index (χ2v) is 5.46. The summed E-state index contributed by atoms with van der Waals surface area (Å²) in [6, 6.07) is 18.7. The van der Waals surface area contributed by atoms with Crippen LogP contribution in [0, 0.1) is 6.92 Å². The molecule has 0 aliphatic carbocycles. The average Bonchev–Trinajstić information content (AvgIpc) is 2.83. The van der Waals surface area contributed by atoms with Crippen LogP contribution >= 0.6 is 11.6 Å². The summed E-state index contributed by atoms with van der Waals surface area (Å²) < 4.78 is 6.95. The van der Waals surface area contributed by atoms with E-state index in [0.29, 0.717) is 23.6 Å². The Kier molecular flexibility index (Phi) is 4.44. The first kappa shape index (κ1) is 15.3. The minimum Gasteiger partial charge on any atom is -0.423 e. The van der Waals surface area contributed by atoms with E-state index in [0.717, 1.165) is 5.56 Å². The molecule has 0 spiro atoms. The van der Waals surface area contributed by atoms with Gasteiger partial charge in [0.1, 0.15) is 16.5 Å². The Labute approximate surface area is 139 Å². The number of aryl methyl sites for hydroxylation is 1. The van der Waals surface area contributed by atoms with E-state index in [1.165, 1.54) is 0 Å². The smallest absolute Gasteiger partial charge is 0.348 e. The molecule has 23 heavy (non-hydrogen) atoms. The number of hydrogen-bond donors (Lipinski definition) is 0. The van der Waals surface area contributed by atoms with Gasteiger partial charge >= 0.3 is 5.97 Å². The Morgan fingerprint density at radius 3 is 2.35 bits per heavy atom. The van der Waals surface area contributed by atoms with Gasteiger partial charge < -0.3 is 4.74 Å². The van der Waals surface area contributed by atoms with Crippen molar-refractivity contribution < 1.29 is 9.53 Å². The van der Waals surface area contributed by atoms with Gasteiger partial charge in [0.05, 0.1) is 12.2 Å². The first-order valence-electron chi connectivity index (χ1n) is 7.19. The normalized spacial score (nSPS) is 10.5. The molecule has 0 aliphatic rings. The number of halogens is 1. The number of aromatic nitrogens is 2.